The molecule has 1 atom stereocenters. The molecule has 1 saturated heterocycles. The zero-order valence-corrected chi connectivity index (χ0v) is 14.7. The minimum absolute atomic E-state index is 0.138. The molecule has 8 heteroatoms. The Morgan fingerprint density at radius 2 is 2.16 bits per heavy atom. The number of carbonyl (C=O) groups excluding carboxylic acids is 1. The number of amides is 1. The van der Waals surface area contributed by atoms with Gasteiger partial charge in [-0.25, -0.2) is 9.97 Å². The van der Waals surface area contributed by atoms with E-state index in [4.69, 9.17) is 0 Å². The number of rotatable bonds is 5. The average Bonchev–Trinajstić information content (AvgIpc) is 3.10. The van der Waals surface area contributed by atoms with Gasteiger partial charge in [0.05, 0.1) is 30.5 Å². The molecule has 2 aromatic rings. The van der Waals surface area contributed by atoms with E-state index in [0.717, 1.165) is 13.0 Å². The van der Waals surface area contributed by atoms with E-state index in [1.165, 1.54) is 0 Å². The molecule has 8 nitrogen and oxygen atoms in total. The van der Waals surface area contributed by atoms with Crippen molar-refractivity contribution in [2.45, 2.75) is 31.9 Å². The van der Waals surface area contributed by atoms with Crippen LogP contribution < -0.4 is 4.90 Å². The molecule has 0 bridgehead atoms. The molecule has 1 amide bonds. The zero-order chi connectivity index (χ0) is 17.9. The standard InChI is InChI=1S/C17H24N6O2/c1-3-23-11-14(10-20-23)15(24)21(2)12-17(25)6-4-9-22(13-17)16-18-7-5-8-19-16/h5,7-8,10-11,25H,3-4,6,9,12-13H2,1-2H3/t17-/m0/s1. The Balaban J connectivity index is 1.66. The number of nitrogens with zero attached hydrogens (tertiary/aromatic N) is 6. The summed E-state index contributed by atoms with van der Waals surface area (Å²) < 4.78 is 1.71. The van der Waals surface area contributed by atoms with Crippen molar-refractivity contribution in [3.8, 4) is 0 Å². The number of β-amino-alcohol motifs (C(OH)–C–C–N with tert-alkyl or cyclic N) is 1. The first-order valence-corrected chi connectivity index (χ1v) is 8.53. The fourth-order valence-electron chi connectivity index (χ4n) is 3.25. The highest BCUT2D eigenvalue weighted by atomic mass is 16.3. The lowest BCUT2D eigenvalue weighted by Crippen LogP contribution is -2.55. The van der Waals surface area contributed by atoms with Crippen LogP contribution in [0, 0.1) is 0 Å². The van der Waals surface area contributed by atoms with Crippen molar-refractivity contribution < 1.29 is 9.90 Å². The van der Waals surface area contributed by atoms with Gasteiger partial charge in [-0.1, -0.05) is 0 Å². The number of carbonyl (C=O) groups is 1. The SMILES string of the molecule is CCn1cc(C(=O)N(C)C[C@@]2(O)CCCN(c3ncccn3)C2)cn1. The molecule has 3 heterocycles. The maximum Gasteiger partial charge on any atom is 0.256 e. The third-order valence-electron chi connectivity index (χ3n) is 4.47. The van der Waals surface area contributed by atoms with Gasteiger partial charge in [0.1, 0.15) is 0 Å². The summed E-state index contributed by atoms with van der Waals surface area (Å²) in [5.74, 6) is 0.472. The van der Waals surface area contributed by atoms with Gasteiger partial charge in [-0.15, -0.1) is 0 Å². The van der Waals surface area contributed by atoms with Gasteiger partial charge >= 0.3 is 0 Å². The molecule has 0 spiro atoms. The Morgan fingerprint density at radius 1 is 1.40 bits per heavy atom. The number of hydrogen-bond acceptors (Lipinski definition) is 6. The van der Waals surface area contributed by atoms with Crippen molar-refractivity contribution >= 4 is 11.9 Å². The number of aromatic nitrogens is 4. The first kappa shape index (κ1) is 17.3. The van der Waals surface area contributed by atoms with E-state index in [2.05, 4.69) is 15.1 Å². The Labute approximate surface area is 147 Å². The lowest BCUT2D eigenvalue weighted by Gasteiger charge is -2.41. The Kier molecular flexibility index (Phi) is 4.98. The predicted octanol–water partition coefficient (Wildman–Crippen LogP) is 0.796. The fraction of sp³-hybridized carbons (Fsp3) is 0.529. The molecule has 0 saturated carbocycles. The molecule has 1 aliphatic rings. The molecule has 1 N–H and O–H groups in total. The van der Waals surface area contributed by atoms with Crippen LogP contribution in [0.1, 0.15) is 30.1 Å². The van der Waals surface area contributed by atoms with Crippen molar-refractivity contribution in [3.05, 3.63) is 36.4 Å². The summed E-state index contributed by atoms with van der Waals surface area (Å²) in [6.45, 7) is 4.14. The van der Waals surface area contributed by atoms with E-state index in [-0.39, 0.29) is 12.5 Å². The second kappa shape index (κ2) is 7.18. The summed E-state index contributed by atoms with van der Waals surface area (Å²) >= 11 is 0. The van der Waals surface area contributed by atoms with Crippen molar-refractivity contribution in [1.82, 2.24) is 24.6 Å². The van der Waals surface area contributed by atoms with Gasteiger partial charge in [0.2, 0.25) is 5.95 Å². The van der Waals surface area contributed by atoms with Crippen LogP contribution in [0.25, 0.3) is 0 Å². The molecule has 3 rings (SSSR count). The molecule has 134 valence electrons. The third kappa shape index (κ3) is 3.96. The van der Waals surface area contributed by atoms with E-state index in [1.54, 1.807) is 47.5 Å². The van der Waals surface area contributed by atoms with Crippen LogP contribution in [0.15, 0.2) is 30.9 Å². The Hall–Kier alpha value is -2.48. The monoisotopic (exact) mass is 344 g/mol. The normalized spacial score (nSPS) is 20.5. The number of aliphatic hydroxyl groups is 1. The van der Waals surface area contributed by atoms with Gasteiger partial charge < -0.3 is 14.9 Å². The van der Waals surface area contributed by atoms with Crippen LogP contribution in [0.4, 0.5) is 5.95 Å². The highest BCUT2D eigenvalue weighted by Gasteiger charge is 2.36. The van der Waals surface area contributed by atoms with Crippen molar-refractivity contribution in [2.24, 2.45) is 0 Å². The second-order valence-electron chi connectivity index (χ2n) is 6.54. The third-order valence-corrected chi connectivity index (χ3v) is 4.47. The summed E-state index contributed by atoms with van der Waals surface area (Å²) in [7, 11) is 1.71. The van der Waals surface area contributed by atoms with Gasteiger partial charge in [-0.2, -0.15) is 5.10 Å². The van der Waals surface area contributed by atoms with Crippen LogP contribution in [0.5, 0.6) is 0 Å². The second-order valence-corrected chi connectivity index (χ2v) is 6.54. The highest BCUT2D eigenvalue weighted by Crippen LogP contribution is 2.25. The molecule has 0 unspecified atom stereocenters. The molecule has 0 aromatic carbocycles. The van der Waals surface area contributed by atoms with E-state index < -0.39 is 5.60 Å². The van der Waals surface area contributed by atoms with Gasteiger partial charge in [0, 0.05) is 38.7 Å². The fourth-order valence-corrected chi connectivity index (χ4v) is 3.25. The van der Waals surface area contributed by atoms with Crippen molar-refractivity contribution in [3.63, 3.8) is 0 Å². The van der Waals surface area contributed by atoms with Crippen LogP contribution >= 0.6 is 0 Å². The van der Waals surface area contributed by atoms with Gasteiger partial charge in [-0.05, 0) is 25.8 Å². The smallest absolute Gasteiger partial charge is 0.256 e. The minimum Gasteiger partial charge on any atom is -0.386 e. The lowest BCUT2D eigenvalue weighted by molar-refractivity contribution is -0.000299. The number of piperidine rings is 1. The zero-order valence-electron chi connectivity index (χ0n) is 14.7. The number of anilines is 1. The van der Waals surface area contributed by atoms with E-state index in [1.807, 2.05) is 11.8 Å². The summed E-state index contributed by atoms with van der Waals surface area (Å²) in [6.07, 6.45) is 8.14. The lowest BCUT2D eigenvalue weighted by atomic mass is 9.92. The van der Waals surface area contributed by atoms with Gasteiger partial charge in [-0.3, -0.25) is 9.48 Å². The molecule has 25 heavy (non-hydrogen) atoms. The van der Waals surface area contributed by atoms with E-state index >= 15 is 0 Å². The minimum atomic E-state index is -0.984. The first-order chi connectivity index (χ1) is 12.0. The Bertz CT molecular complexity index is 719. The van der Waals surface area contributed by atoms with Crippen LogP contribution in [-0.4, -0.2) is 67.9 Å². The van der Waals surface area contributed by atoms with Crippen LogP contribution in [-0.2, 0) is 6.54 Å². The maximum absolute atomic E-state index is 12.6. The first-order valence-electron chi connectivity index (χ1n) is 8.53. The highest BCUT2D eigenvalue weighted by molar-refractivity contribution is 5.93. The maximum atomic E-state index is 12.6. The molecule has 0 radical (unpaired) electrons. The van der Waals surface area contributed by atoms with Gasteiger partial charge in [0.25, 0.3) is 5.91 Å². The molecule has 0 aliphatic carbocycles. The van der Waals surface area contributed by atoms with Crippen LogP contribution in [0.3, 0.4) is 0 Å². The predicted molar refractivity (Wildman–Crippen MR) is 93.3 cm³/mol. The number of aryl methyl sites for hydroxylation is 1. The van der Waals surface area contributed by atoms with E-state index in [0.29, 0.717) is 31.0 Å². The summed E-state index contributed by atoms with van der Waals surface area (Å²) in [5.41, 5.74) is -0.449. The molecular weight excluding hydrogens is 320 g/mol. The van der Waals surface area contributed by atoms with Crippen molar-refractivity contribution in [1.29, 1.82) is 0 Å². The molecule has 1 aliphatic heterocycles. The number of likely N-dealkylation sites (N-methyl/N-ethyl adjacent to an activating group) is 1. The van der Waals surface area contributed by atoms with Gasteiger partial charge in [0.15, 0.2) is 0 Å². The summed E-state index contributed by atoms with van der Waals surface area (Å²) in [6, 6.07) is 1.77. The summed E-state index contributed by atoms with van der Waals surface area (Å²) in [4.78, 5) is 24.6. The molecule has 2 aromatic heterocycles. The number of hydrogen-bond donors (Lipinski definition) is 1. The molecular formula is C17H24N6O2. The topological polar surface area (TPSA) is 87.4 Å². The van der Waals surface area contributed by atoms with E-state index in [9.17, 15) is 9.90 Å². The molecule has 1 fully saturated rings. The Morgan fingerprint density at radius 3 is 2.84 bits per heavy atom. The quantitative estimate of drug-likeness (QED) is 0.863. The average molecular weight is 344 g/mol. The largest absolute Gasteiger partial charge is 0.386 e. The van der Waals surface area contributed by atoms with Crippen molar-refractivity contribution in [2.75, 3.05) is 31.6 Å². The van der Waals surface area contributed by atoms with Crippen LogP contribution in [0.2, 0.25) is 0 Å². The summed E-state index contributed by atoms with van der Waals surface area (Å²) in [5, 5.41) is 15.1.